The Balaban J connectivity index is 1.67. The molecule has 0 amide bonds. The lowest BCUT2D eigenvalue weighted by Crippen LogP contribution is -2.14. The largest absolute Gasteiger partial charge is 0.454 e. The second-order valence-corrected chi connectivity index (χ2v) is 6.47. The van der Waals surface area contributed by atoms with Crippen LogP contribution in [0.25, 0.3) is 17.0 Å². The number of aryl methyl sites for hydroxylation is 1. The minimum Gasteiger partial charge on any atom is -0.454 e. The summed E-state index contributed by atoms with van der Waals surface area (Å²) in [5, 5.41) is 0.965. The number of nitrogens with one attached hydrogen (secondary N) is 1. The summed E-state index contributed by atoms with van der Waals surface area (Å²) in [5.74, 6) is -1.13. The van der Waals surface area contributed by atoms with E-state index in [1.165, 1.54) is 13.0 Å². The van der Waals surface area contributed by atoms with Gasteiger partial charge in [-0.2, -0.15) is 0 Å². The summed E-state index contributed by atoms with van der Waals surface area (Å²) in [6.45, 7) is 4.47. The molecule has 0 saturated carbocycles. The molecule has 0 unspecified atom stereocenters. The predicted molar refractivity (Wildman–Crippen MR) is 106 cm³/mol. The minimum absolute atomic E-state index is 0.117. The second-order valence-electron chi connectivity index (χ2n) is 6.47. The smallest absolute Gasteiger partial charge is 0.331 e. The molecule has 142 valence electrons. The first-order chi connectivity index (χ1) is 13.4. The normalized spacial score (nSPS) is 11.1. The maximum absolute atomic E-state index is 12.4. The summed E-state index contributed by atoms with van der Waals surface area (Å²) in [4.78, 5) is 43.3. The Morgan fingerprint density at radius 1 is 1.14 bits per heavy atom. The van der Waals surface area contributed by atoms with Crippen LogP contribution in [-0.4, -0.2) is 34.1 Å². The van der Waals surface area contributed by atoms with Gasteiger partial charge in [0.15, 0.2) is 12.4 Å². The molecule has 0 fully saturated rings. The second kappa shape index (κ2) is 8.00. The van der Waals surface area contributed by atoms with Gasteiger partial charge in [-0.3, -0.25) is 14.6 Å². The number of rotatable bonds is 6. The van der Waals surface area contributed by atoms with Gasteiger partial charge in [0.1, 0.15) is 0 Å². The van der Waals surface area contributed by atoms with Crippen LogP contribution in [0.5, 0.6) is 0 Å². The van der Waals surface area contributed by atoms with Gasteiger partial charge in [-0.25, -0.2) is 4.79 Å². The molecule has 0 bridgehead atoms. The third kappa shape index (κ3) is 3.91. The van der Waals surface area contributed by atoms with Crippen molar-refractivity contribution in [2.24, 2.45) is 0 Å². The standard InChI is InChI=1S/C22H20N2O4/c1-13-20(15(3)25)14(2)24-21(13)18(26)12-28-19(27)10-9-17-7-4-6-16-8-5-11-23-22(16)17/h4-11,24H,12H2,1-3H3/b10-9+. The molecule has 1 N–H and O–H groups in total. The number of carbonyl (C=O) groups is 3. The van der Waals surface area contributed by atoms with Gasteiger partial charge in [0.05, 0.1) is 11.2 Å². The zero-order chi connectivity index (χ0) is 20.3. The van der Waals surface area contributed by atoms with Gasteiger partial charge in [0.25, 0.3) is 0 Å². The van der Waals surface area contributed by atoms with Crippen molar-refractivity contribution < 1.29 is 19.1 Å². The third-order valence-electron chi connectivity index (χ3n) is 4.48. The van der Waals surface area contributed by atoms with Gasteiger partial charge in [-0.05, 0) is 38.5 Å². The predicted octanol–water partition coefficient (Wildman–Crippen LogP) is 3.82. The van der Waals surface area contributed by atoms with Gasteiger partial charge in [0.2, 0.25) is 5.78 Å². The van der Waals surface area contributed by atoms with Crippen LogP contribution in [0, 0.1) is 13.8 Å². The van der Waals surface area contributed by atoms with Crippen LogP contribution in [0.2, 0.25) is 0 Å². The lowest BCUT2D eigenvalue weighted by molar-refractivity contribution is -0.136. The third-order valence-corrected chi connectivity index (χ3v) is 4.48. The van der Waals surface area contributed by atoms with Crippen molar-refractivity contribution in [3.8, 4) is 0 Å². The molecule has 6 nitrogen and oxygen atoms in total. The minimum atomic E-state index is -0.631. The number of pyridine rings is 1. The number of para-hydroxylation sites is 1. The van der Waals surface area contributed by atoms with E-state index < -0.39 is 12.6 Å². The van der Waals surface area contributed by atoms with Gasteiger partial charge < -0.3 is 9.72 Å². The van der Waals surface area contributed by atoms with Crippen molar-refractivity contribution >= 4 is 34.5 Å². The Hall–Kier alpha value is -3.54. The molecule has 0 aliphatic rings. The fourth-order valence-electron chi connectivity index (χ4n) is 3.23. The number of nitrogens with zero attached hydrogens (tertiary/aromatic N) is 1. The van der Waals surface area contributed by atoms with E-state index in [9.17, 15) is 14.4 Å². The Morgan fingerprint density at radius 2 is 1.89 bits per heavy atom. The van der Waals surface area contributed by atoms with Crippen molar-refractivity contribution in [3.63, 3.8) is 0 Å². The molecule has 0 saturated heterocycles. The number of hydrogen-bond acceptors (Lipinski definition) is 5. The first kappa shape index (κ1) is 19.2. The average molecular weight is 376 g/mol. The van der Waals surface area contributed by atoms with Crippen molar-refractivity contribution in [2.45, 2.75) is 20.8 Å². The fraction of sp³-hybridized carbons (Fsp3) is 0.182. The van der Waals surface area contributed by atoms with Gasteiger partial charge >= 0.3 is 5.97 Å². The van der Waals surface area contributed by atoms with E-state index in [0.29, 0.717) is 16.8 Å². The maximum Gasteiger partial charge on any atom is 0.331 e. The van der Waals surface area contributed by atoms with Crippen LogP contribution in [0.4, 0.5) is 0 Å². The van der Waals surface area contributed by atoms with Crippen LogP contribution < -0.4 is 0 Å². The lowest BCUT2D eigenvalue weighted by atomic mass is 10.1. The number of fused-ring (bicyclic) bond motifs is 1. The Morgan fingerprint density at radius 3 is 2.61 bits per heavy atom. The zero-order valence-electron chi connectivity index (χ0n) is 15.9. The highest BCUT2D eigenvalue weighted by Crippen LogP contribution is 2.19. The van der Waals surface area contributed by atoms with Crippen LogP contribution in [0.15, 0.2) is 42.6 Å². The molecule has 3 aromatic rings. The number of benzene rings is 1. The summed E-state index contributed by atoms with van der Waals surface area (Å²) in [6, 6.07) is 9.44. The molecule has 0 aliphatic heterocycles. The summed E-state index contributed by atoms with van der Waals surface area (Å²) in [5.41, 5.74) is 3.55. The monoisotopic (exact) mass is 376 g/mol. The summed E-state index contributed by atoms with van der Waals surface area (Å²) < 4.78 is 5.06. The number of esters is 1. The lowest BCUT2D eigenvalue weighted by Gasteiger charge is -2.03. The molecule has 0 spiro atoms. The molecule has 0 radical (unpaired) electrons. The highest BCUT2D eigenvalue weighted by Gasteiger charge is 2.20. The first-order valence-electron chi connectivity index (χ1n) is 8.80. The highest BCUT2D eigenvalue weighted by molar-refractivity contribution is 6.04. The quantitative estimate of drug-likeness (QED) is 0.401. The molecule has 0 aliphatic carbocycles. The van der Waals surface area contributed by atoms with Gasteiger partial charge in [-0.1, -0.05) is 24.3 Å². The van der Waals surface area contributed by atoms with E-state index >= 15 is 0 Å². The number of carbonyl (C=O) groups excluding carboxylic acids is 3. The van der Waals surface area contributed by atoms with E-state index in [0.717, 1.165) is 16.5 Å². The topological polar surface area (TPSA) is 89.1 Å². The van der Waals surface area contributed by atoms with Crippen LogP contribution in [-0.2, 0) is 9.53 Å². The summed E-state index contributed by atoms with van der Waals surface area (Å²) in [7, 11) is 0. The Bertz CT molecular complexity index is 1100. The molecule has 0 atom stereocenters. The number of hydrogen-bond donors (Lipinski definition) is 1. The SMILES string of the molecule is CC(=O)c1c(C)[nH]c(C(=O)COC(=O)/C=C/c2cccc3cccnc23)c1C. The van der Waals surface area contributed by atoms with Crippen molar-refractivity contribution in [1.82, 2.24) is 9.97 Å². The van der Waals surface area contributed by atoms with Gasteiger partial charge in [0, 0.05) is 34.5 Å². The van der Waals surface area contributed by atoms with Crippen LogP contribution in [0.3, 0.4) is 0 Å². The molecule has 28 heavy (non-hydrogen) atoms. The van der Waals surface area contributed by atoms with Crippen molar-refractivity contribution in [2.75, 3.05) is 6.61 Å². The van der Waals surface area contributed by atoms with Gasteiger partial charge in [-0.15, -0.1) is 0 Å². The zero-order valence-corrected chi connectivity index (χ0v) is 15.9. The molecular formula is C22H20N2O4. The number of ether oxygens (including phenoxy) is 1. The van der Waals surface area contributed by atoms with E-state index in [2.05, 4.69) is 9.97 Å². The van der Waals surface area contributed by atoms with Crippen molar-refractivity contribution in [3.05, 3.63) is 70.7 Å². The first-order valence-corrected chi connectivity index (χ1v) is 8.80. The van der Waals surface area contributed by atoms with E-state index in [1.807, 2.05) is 30.3 Å². The molecule has 2 aromatic heterocycles. The number of ketones is 2. The molecule has 6 heteroatoms. The molecular weight excluding hydrogens is 356 g/mol. The molecule has 2 heterocycles. The van der Waals surface area contributed by atoms with Crippen LogP contribution >= 0.6 is 0 Å². The fourth-order valence-corrected chi connectivity index (χ4v) is 3.23. The van der Waals surface area contributed by atoms with E-state index in [1.54, 1.807) is 26.1 Å². The Labute approximate surface area is 162 Å². The number of Topliss-reactive ketones (excluding diaryl/α,β-unsaturated/α-hetero) is 2. The van der Waals surface area contributed by atoms with E-state index in [4.69, 9.17) is 4.74 Å². The summed E-state index contributed by atoms with van der Waals surface area (Å²) >= 11 is 0. The number of aromatic nitrogens is 2. The average Bonchev–Trinajstić information content (AvgIpc) is 2.98. The van der Waals surface area contributed by atoms with Crippen LogP contribution in [0.1, 0.15) is 44.6 Å². The van der Waals surface area contributed by atoms with Crippen molar-refractivity contribution in [1.29, 1.82) is 0 Å². The van der Waals surface area contributed by atoms with E-state index in [-0.39, 0.29) is 17.3 Å². The summed E-state index contributed by atoms with van der Waals surface area (Å²) in [6.07, 6.45) is 4.57. The molecule has 3 rings (SSSR count). The number of aromatic amines is 1. The Kier molecular flexibility index (Phi) is 5.49. The number of H-pyrrole nitrogens is 1. The molecule has 1 aromatic carbocycles. The maximum atomic E-state index is 12.4. The highest BCUT2D eigenvalue weighted by atomic mass is 16.5.